The Hall–Kier alpha value is -2.03. The Labute approximate surface area is 144 Å². The Bertz CT molecular complexity index is 792. The number of aromatic nitrogens is 2. The number of rotatable bonds is 1. The first-order valence-electron chi connectivity index (χ1n) is 8.73. The van der Waals surface area contributed by atoms with Crippen molar-refractivity contribution in [1.82, 2.24) is 14.5 Å². The van der Waals surface area contributed by atoms with Crippen molar-refractivity contribution < 1.29 is 24.2 Å². The molecule has 8 nitrogen and oxygen atoms in total. The van der Waals surface area contributed by atoms with E-state index in [0.29, 0.717) is 11.5 Å². The Balaban J connectivity index is 1.56. The van der Waals surface area contributed by atoms with Gasteiger partial charge in [-0.2, -0.15) is 0 Å². The van der Waals surface area contributed by atoms with Crippen LogP contribution in [0.15, 0.2) is 11.8 Å². The molecule has 1 aromatic rings. The predicted molar refractivity (Wildman–Crippen MR) is 84.0 cm³/mol. The van der Waals surface area contributed by atoms with E-state index in [2.05, 4.69) is 4.98 Å². The highest BCUT2D eigenvalue weighted by Gasteiger charge is 2.46. The molecule has 0 spiro atoms. The summed E-state index contributed by atoms with van der Waals surface area (Å²) in [5.41, 5.74) is 0.878. The molecule has 132 valence electrons. The minimum Gasteiger partial charge on any atom is -0.388 e. The molecule has 0 saturated carbocycles. The van der Waals surface area contributed by atoms with Gasteiger partial charge < -0.3 is 19.5 Å². The van der Waals surface area contributed by atoms with Crippen molar-refractivity contribution in [3.8, 4) is 0 Å². The molecule has 0 aromatic carbocycles. The van der Waals surface area contributed by atoms with Gasteiger partial charge in [0, 0.05) is 19.2 Å². The molecule has 0 unspecified atom stereocenters. The maximum Gasteiger partial charge on any atom is 0.229 e. The Morgan fingerprint density at radius 1 is 1.16 bits per heavy atom. The fourth-order valence-electron chi connectivity index (χ4n) is 4.16. The molecule has 4 heterocycles. The van der Waals surface area contributed by atoms with Crippen LogP contribution in [0.5, 0.6) is 0 Å². The van der Waals surface area contributed by atoms with Crippen molar-refractivity contribution in [3.63, 3.8) is 0 Å². The predicted octanol–water partition coefficient (Wildman–Crippen LogP) is 0.420. The second-order valence-electron chi connectivity index (χ2n) is 6.93. The summed E-state index contributed by atoms with van der Waals surface area (Å²) >= 11 is 0. The average molecular weight is 345 g/mol. The van der Waals surface area contributed by atoms with Gasteiger partial charge in [-0.15, -0.1) is 0 Å². The molecule has 25 heavy (non-hydrogen) atoms. The maximum atomic E-state index is 13.0. The van der Waals surface area contributed by atoms with Crippen molar-refractivity contribution >= 4 is 11.6 Å². The van der Waals surface area contributed by atoms with Crippen LogP contribution >= 0.6 is 0 Å². The zero-order chi connectivity index (χ0) is 17.1. The number of ketones is 2. The van der Waals surface area contributed by atoms with E-state index in [-0.39, 0.29) is 36.2 Å². The summed E-state index contributed by atoms with van der Waals surface area (Å²) in [6, 6.07) is 0. The van der Waals surface area contributed by atoms with Gasteiger partial charge in [-0.3, -0.25) is 14.2 Å². The summed E-state index contributed by atoms with van der Waals surface area (Å²) in [5, 5.41) is 9.97. The summed E-state index contributed by atoms with van der Waals surface area (Å²) in [4.78, 5) is 32.2. The van der Waals surface area contributed by atoms with E-state index in [1.54, 1.807) is 4.57 Å². The largest absolute Gasteiger partial charge is 0.388 e. The number of nitrogens with zero attached hydrogens (tertiary/aromatic N) is 3. The molecule has 2 saturated heterocycles. The molecule has 0 radical (unpaired) electrons. The number of likely N-dealkylation sites (tertiary alicyclic amines) is 1. The van der Waals surface area contributed by atoms with E-state index in [0.717, 1.165) is 32.4 Å². The summed E-state index contributed by atoms with van der Waals surface area (Å²) in [5.74, 6) is 0.0448. The molecule has 0 bridgehead atoms. The Kier molecular flexibility index (Phi) is 3.34. The van der Waals surface area contributed by atoms with Crippen LogP contribution in [0.25, 0.3) is 0 Å². The lowest BCUT2D eigenvalue weighted by Gasteiger charge is -2.32. The van der Waals surface area contributed by atoms with Crippen molar-refractivity contribution in [2.75, 3.05) is 19.7 Å². The number of piperidine rings is 1. The van der Waals surface area contributed by atoms with E-state index in [1.807, 2.05) is 4.90 Å². The second-order valence-corrected chi connectivity index (χ2v) is 6.93. The fourth-order valence-corrected chi connectivity index (χ4v) is 4.16. The quantitative estimate of drug-likeness (QED) is 0.788. The smallest absolute Gasteiger partial charge is 0.229 e. The number of allylic oxidation sites excluding steroid dienone is 2. The minimum atomic E-state index is -0.745. The highest BCUT2D eigenvalue weighted by atomic mass is 16.6. The summed E-state index contributed by atoms with van der Waals surface area (Å²) in [6.07, 6.45) is 2.73. The minimum absolute atomic E-state index is 0.138. The molecular formula is C17H19N3O5. The van der Waals surface area contributed by atoms with Gasteiger partial charge >= 0.3 is 0 Å². The van der Waals surface area contributed by atoms with Crippen LogP contribution in [0.1, 0.15) is 52.3 Å². The lowest BCUT2D eigenvalue weighted by atomic mass is 9.99. The van der Waals surface area contributed by atoms with Crippen molar-refractivity contribution in [2.24, 2.45) is 0 Å². The van der Waals surface area contributed by atoms with Crippen molar-refractivity contribution in [3.05, 3.63) is 29.0 Å². The topological polar surface area (TPSA) is 93.9 Å². The van der Waals surface area contributed by atoms with E-state index >= 15 is 0 Å². The SMILES string of the molecule is O=C1C(N2CCCCC2)=CC(=O)c2c1nc1n2[C@H]2OC[C@@H](O)[C@H]2OC1. The number of aliphatic hydroxyl groups is 1. The number of carbonyl (C=O) groups excluding carboxylic acids is 2. The molecule has 0 amide bonds. The molecule has 1 aromatic heterocycles. The molecule has 1 N–H and O–H groups in total. The molecule has 1 aliphatic carbocycles. The second kappa shape index (κ2) is 5.48. The summed E-state index contributed by atoms with van der Waals surface area (Å²) in [6.45, 7) is 1.86. The number of fused-ring (bicyclic) bond motifs is 5. The van der Waals surface area contributed by atoms with Gasteiger partial charge in [0.05, 0.1) is 12.3 Å². The maximum absolute atomic E-state index is 13.0. The third kappa shape index (κ3) is 2.14. The van der Waals surface area contributed by atoms with Crippen molar-refractivity contribution in [2.45, 2.75) is 44.3 Å². The van der Waals surface area contributed by atoms with Crippen LogP contribution < -0.4 is 0 Å². The first-order valence-corrected chi connectivity index (χ1v) is 8.73. The number of imidazole rings is 1. The molecule has 3 aliphatic heterocycles. The lowest BCUT2D eigenvalue weighted by molar-refractivity contribution is -0.0992. The highest BCUT2D eigenvalue weighted by Crippen LogP contribution is 2.37. The summed E-state index contributed by atoms with van der Waals surface area (Å²) in [7, 11) is 0. The first kappa shape index (κ1) is 15.2. The van der Waals surface area contributed by atoms with Crippen LogP contribution in [0.4, 0.5) is 0 Å². The molecule has 8 heteroatoms. The van der Waals surface area contributed by atoms with Gasteiger partial charge in [0.15, 0.2) is 6.23 Å². The van der Waals surface area contributed by atoms with Gasteiger partial charge in [0.1, 0.15) is 36.0 Å². The number of Topliss-reactive ketones (excluding diaryl/α,β-unsaturated/α-hetero) is 1. The third-order valence-electron chi connectivity index (χ3n) is 5.39. The van der Waals surface area contributed by atoms with Crippen LogP contribution in [0, 0.1) is 0 Å². The number of aliphatic hydroxyl groups excluding tert-OH is 1. The standard InChI is InChI=1S/C17H19N3O5/c21-10-6-9(19-4-2-1-3-5-19)15(23)13-14(10)20-12(18-13)8-24-16-11(22)7-25-17(16)20/h6,11,16-17,22H,1-5,7-8H2/t11-,16-,17+/m1/s1. The van der Waals surface area contributed by atoms with Crippen molar-refractivity contribution in [1.29, 1.82) is 0 Å². The number of carbonyl (C=O) groups is 2. The first-order chi connectivity index (χ1) is 12.1. The summed E-state index contributed by atoms with van der Waals surface area (Å²) < 4.78 is 12.9. The molecule has 2 fully saturated rings. The average Bonchev–Trinajstić information content (AvgIpc) is 3.20. The van der Waals surface area contributed by atoms with Crippen LogP contribution in [0.3, 0.4) is 0 Å². The van der Waals surface area contributed by atoms with Gasteiger partial charge in [-0.25, -0.2) is 4.98 Å². The molecule has 5 rings (SSSR count). The lowest BCUT2D eigenvalue weighted by Crippen LogP contribution is -2.38. The number of ether oxygens (including phenoxy) is 2. The fraction of sp³-hybridized carbons (Fsp3) is 0.588. The normalized spacial score (nSPS) is 31.5. The van der Waals surface area contributed by atoms with Crippen LogP contribution in [0.2, 0.25) is 0 Å². The highest BCUT2D eigenvalue weighted by molar-refractivity contribution is 6.23. The van der Waals surface area contributed by atoms with E-state index < -0.39 is 18.4 Å². The zero-order valence-corrected chi connectivity index (χ0v) is 13.7. The van der Waals surface area contributed by atoms with E-state index in [1.165, 1.54) is 6.08 Å². The molecule has 3 atom stereocenters. The van der Waals surface area contributed by atoms with Gasteiger partial charge in [-0.1, -0.05) is 0 Å². The van der Waals surface area contributed by atoms with E-state index in [9.17, 15) is 14.7 Å². The van der Waals surface area contributed by atoms with Crippen LogP contribution in [-0.2, 0) is 16.1 Å². The Morgan fingerprint density at radius 3 is 2.76 bits per heavy atom. The number of hydrogen-bond acceptors (Lipinski definition) is 7. The monoisotopic (exact) mass is 345 g/mol. The third-order valence-corrected chi connectivity index (χ3v) is 5.39. The van der Waals surface area contributed by atoms with Gasteiger partial charge in [-0.05, 0) is 19.3 Å². The molecule has 4 aliphatic rings. The Morgan fingerprint density at radius 2 is 1.96 bits per heavy atom. The zero-order valence-electron chi connectivity index (χ0n) is 13.7. The molecular weight excluding hydrogens is 326 g/mol. The van der Waals surface area contributed by atoms with E-state index in [4.69, 9.17) is 9.47 Å². The van der Waals surface area contributed by atoms with Gasteiger partial charge in [0.2, 0.25) is 11.6 Å². The van der Waals surface area contributed by atoms with Crippen LogP contribution in [-0.4, -0.2) is 63.0 Å². The number of hydrogen-bond donors (Lipinski definition) is 1. The van der Waals surface area contributed by atoms with Gasteiger partial charge in [0.25, 0.3) is 0 Å².